The number of carbonyl (C=O) groups is 2. The molecule has 0 rings (SSSR count). The first kappa shape index (κ1) is 14.9. The predicted octanol–water partition coefficient (Wildman–Crippen LogP) is 0.130. The fourth-order valence-electron chi connectivity index (χ4n) is 1.19. The molecule has 0 radical (unpaired) electrons. The van der Waals surface area contributed by atoms with E-state index in [4.69, 9.17) is 11.5 Å². The van der Waals surface area contributed by atoms with Gasteiger partial charge in [0.05, 0.1) is 0 Å². The van der Waals surface area contributed by atoms with Crippen molar-refractivity contribution in [2.45, 2.75) is 52.6 Å². The van der Waals surface area contributed by atoms with Crippen molar-refractivity contribution < 1.29 is 9.59 Å². The van der Waals surface area contributed by atoms with Crippen molar-refractivity contribution in [3.63, 3.8) is 0 Å². The molecule has 5 N–H and O–H groups in total. The molecule has 0 bridgehead atoms. The number of nitrogens with two attached hydrogens (primary N) is 2. The highest BCUT2D eigenvalue weighted by molar-refractivity contribution is 5.79. The van der Waals surface area contributed by atoms with Gasteiger partial charge >= 0.3 is 0 Å². The molecule has 0 aliphatic heterocycles. The quantitative estimate of drug-likeness (QED) is 0.625. The van der Waals surface area contributed by atoms with Crippen LogP contribution in [0.5, 0.6) is 0 Å². The summed E-state index contributed by atoms with van der Waals surface area (Å²) in [5, 5.41) is 2.69. The average molecular weight is 229 g/mol. The first-order chi connectivity index (χ1) is 7.12. The Hall–Kier alpha value is -1.10. The van der Waals surface area contributed by atoms with E-state index >= 15 is 0 Å². The van der Waals surface area contributed by atoms with Crippen molar-refractivity contribution in [2.24, 2.45) is 16.9 Å². The molecular formula is C11H23N3O2. The number of rotatable bonds is 5. The molecule has 5 heteroatoms. The van der Waals surface area contributed by atoms with E-state index in [1.165, 1.54) is 0 Å². The van der Waals surface area contributed by atoms with Gasteiger partial charge < -0.3 is 16.8 Å². The smallest absolute Gasteiger partial charge is 0.221 e. The molecule has 2 atom stereocenters. The summed E-state index contributed by atoms with van der Waals surface area (Å²) in [6, 6.07) is -0.439. The van der Waals surface area contributed by atoms with Crippen LogP contribution in [0.15, 0.2) is 0 Å². The summed E-state index contributed by atoms with van der Waals surface area (Å²) < 4.78 is 0. The number of hydrogen-bond acceptors (Lipinski definition) is 3. The van der Waals surface area contributed by atoms with Gasteiger partial charge in [-0.3, -0.25) is 9.59 Å². The van der Waals surface area contributed by atoms with Crippen molar-refractivity contribution in [2.75, 3.05) is 0 Å². The third-order valence-corrected chi connectivity index (χ3v) is 2.43. The van der Waals surface area contributed by atoms with Crippen LogP contribution in [0.2, 0.25) is 0 Å². The highest BCUT2D eigenvalue weighted by atomic mass is 16.2. The molecule has 0 heterocycles. The van der Waals surface area contributed by atoms with E-state index in [1.54, 1.807) is 6.92 Å². The van der Waals surface area contributed by atoms with Crippen LogP contribution in [-0.4, -0.2) is 23.9 Å². The van der Waals surface area contributed by atoms with E-state index in [0.717, 1.165) is 0 Å². The fraction of sp³-hybridized carbons (Fsp3) is 0.818. The van der Waals surface area contributed by atoms with Crippen molar-refractivity contribution in [1.82, 2.24) is 5.32 Å². The third-order valence-electron chi connectivity index (χ3n) is 2.43. The van der Waals surface area contributed by atoms with Crippen molar-refractivity contribution in [3.8, 4) is 0 Å². The third kappa shape index (κ3) is 6.40. The molecule has 0 aliphatic rings. The van der Waals surface area contributed by atoms with E-state index in [-0.39, 0.29) is 36.2 Å². The van der Waals surface area contributed by atoms with E-state index < -0.39 is 5.91 Å². The number of primary amides is 1. The minimum Gasteiger partial charge on any atom is -0.370 e. The summed E-state index contributed by atoms with van der Waals surface area (Å²) in [5.74, 6) is -0.566. The van der Waals surface area contributed by atoms with Crippen LogP contribution >= 0.6 is 0 Å². The summed E-state index contributed by atoms with van der Waals surface area (Å²) in [5.41, 5.74) is 10.8. The Labute approximate surface area is 96.9 Å². The van der Waals surface area contributed by atoms with Crippen LogP contribution in [0, 0.1) is 5.41 Å². The lowest BCUT2D eigenvalue weighted by atomic mass is 9.85. The van der Waals surface area contributed by atoms with Gasteiger partial charge in [-0.05, 0) is 12.3 Å². The molecule has 0 aromatic rings. The fourth-order valence-corrected chi connectivity index (χ4v) is 1.19. The average Bonchev–Trinajstić information content (AvgIpc) is 1.98. The Morgan fingerprint density at radius 2 is 1.75 bits per heavy atom. The maximum Gasteiger partial charge on any atom is 0.221 e. The molecule has 16 heavy (non-hydrogen) atoms. The Kier molecular flexibility index (Phi) is 5.44. The Bertz CT molecular complexity index is 258. The van der Waals surface area contributed by atoms with E-state index in [1.807, 2.05) is 20.8 Å². The zero-order valence-electron chi connectivity index (χ0n) is 10.5. The van der Waals surface area contributed by atoms with E-state index in [2.05, 4.69) is 5.32 Å². The molecule has 94 valence electrons. The molecule has 0 saturated carbocycles. The molecule has 2 unspecified atom stereocenters. The lowest BCUT2D eigenvalue weighted by molar-refractivity contribution is -0.123. The van der Waals surface area contributed by atoms with E-state index in [0.29, 0.717) is 0 Å². The Balaban J connectivity index is 4.04. The summed E-state index contributed by atoms with van der Waals surface area (Å²) >= 11 is 0. The molecule has 0 aromatic heterocycles. The second kappa shape index (κ2) is 5.84. The molecule has 0 saturated heterocycles. The highest BCUT2D eigenvalue weighted by Crippen LogP contribution is 2.19. The van der Waals surface area contributed by atoms with Gasteiger partial charge in [-0.15, -0.1) is 0 Å². The second-order valence-electron chi connectivity index (χ2n) is 5.32. The zero-order chi connectivity index (χ0) is 12.9. The number of nitrogens with one attached hydrogen (secondary N) is 1. The highest BCUT2D eigenvalue weighted by Gasteiger charge is 2.23. The molecule has 0 aliphatic carbocycles. The van der Waals surface area contributed by atoms with Gasteiger partial charge in [0.25, 0.3) is 0 Å². The predicted molar refractivity (Wildman–Crippen MR) is 63.5 cm³/mol. The lowest BCUT2D eigenvalue weighted by Gasteiger charge is -2.27. The van der Waals surface area contributed by atoms with Gasteiger partial charge in [-0.2, -0.15) is 0 Å². The molecule has 5 nitrogen and oxygen atoms in total. The molecule has 0 aromatic carbocycles. The van der Waals surface area contributed by atoms with Crippen LogP contribution in [0.1, 0.15) is 40.5 Å². The number of hydrogen-bond donors (Lipinski definition) is 3. The van der Waals surface area contributed by atoms with Gasteiger partial charge in [0.15, 0.2) is 0 Å². The SMILES string of the molecule is CC(CC(N)=O)NC(=O)CC(N)C(C)(C)C. The Morgan fingerprint density at radius 3 is 2.12 bits per heavy atom. The van der Waals surface area contributed by atoms with Crippen LogP contribution in [0.4, 0.5) is 0 Å². The van der Waals surface area contributed by atoms with Crippen molar-refractivity contribution in [1.29, 1.82) is 0 Å². The van der Waals surface area contributed by atoms with Crippen LogP contribution < -0.4 is 16.8 Å². The Morgan fingerprint density at radius 1 is 1.25 bits per heavy atom. The van der Waals surface area contributed by atoms with Gasteiger partial charge in [0, 0.05) is 24.9 Å². The van der Waals surface area contributed by atoms with Crippen LogP contribution in [0.3, 0.4) is 0 Å². The maximum atomic E-state index is 11.5. The monoisotopic (exact) mass is 229 g/mol. The van der Waals surface area contributed by atoms with Crippen LogP contribution in [-0.2, 0) is 9.59 Å². The summed E-state index contributed by atoms with van der Waals surface area (Å²) in [4.78, 5) is 22.2. The summed E-state index contributed by atoms with van der Waals surface area (Å²) in [6.07, 6.45) is 0.406. The normalized spacial score (nSPS) is 15.3. The molecule has 0 spiro atoms. The second-order valence-corrected chi connectivity index (χ2v) is 5.32. The number of carbonyl (C=O) groups excluding carboxylic acids is 2. The first-order valence-electron chi connectivity index (χ1n) is 5.46. The lowest BCUT2D eigenvalue weighted by Crippen LogP contribution is -2.43. The standard InChI is InChI=1S/C11H23N3O2/c1-7(5-9(13)15)14-10(16)6-8(12)11(2,3)4/h7-8H,5-6,12H2,1-4H3,(H2,13,15)(H,14,16). The summed E-state index contributed by atoms with van der Waals surface area (Å²) in [7, 11) is 0. The minimum absolute atomic E-state index is 0.107. The largest absolute Gasteiger partial charge is 0.370 e. The molecular weight excluding hydrogens is 206 g/mol. The molecule has 2 amide bonds. The first-order valence-corrected chi connectivity index (χ1v) is 5.46. The topological polar surface area (TPSA) is 98.2 Å². The maximum absolute atomic E-state index is 11.5. The van der Waals surface area contributed by atoms with Crippen LogP contribution in [0.25, 0.3) is 0 Å². The van der Waals surface area contributed by atoms with Gasteiger partial charge in [-0.1, -0.05) is 20.8 Å². The van der Waals surface area contributed by atoms with Crippen molar-refractivity contribution in [3.05, 3.63) is 0 Å². The van der Waals surface area contributed by atoms with Crippen molar-refractivity contribution >= 4 is 11.8 Å². The minimum atomic E-state index is -0.423. The number of amides is 2. The summed E-state index contributed by atoms with van der Waals surface area (Å²) in [6.45, 7) is 7.69. The van der Waals surface area contributed by atoms with Gasteiger partial charge in [0.1, 0.15) is 0 Å². The van der Waals surface area contributed by atoms with Gasteiger partial charge in [0.2, 0.25) is 11.8 Å². The van der Waals surface area contributed by atoms with Gasteiger partial charge in [-0.25, -0.2) is 0 Å². The molecule has 0 fully saturated rings. The van der Waals surface area contributed by atoms with E-state index in [9.17, 15) is 9.59 Å². The zero-order valence-corrected chi connectivity index (χ0v) is 10.5.